The standard InChI is InChI=1S/C28H28ClF2N3O4/c1-4-7-33-13-17-8-16(9-24(35-3)25(17)32)5-6-18-10-19-15(2)14-36-27(19)26(34-18)20-11-22-23(12-21(20)29)38-28(30,31)37-22/h8-13,15H,4-7,14,32H2,1-3H3. The number of aliphatic imine (C=N–C) groups is 1. The quantitative estimate of drug-likeness (QED) is 0.260. The van der Waals surface area contributed by atoms with Gasteiger partial charge >= 0.3 is 6.29 Å². The van der Waals surface area contributed by atoms with Crippen LogP contribution < -0.4 is 24.7 Å². The molecular weight excluding hydrogens is 516 g/mol. The van der Waals surface area contributed by atoms with Gasteiger partial charge in [-0.3, -0.25) is 4.99 Å². The Hall–Kier alpha value is -3.59. The number of nitrogens with two attached hydrogens (primary N) is 1. The first-order valence-corrected chi connectivity index (χ1v) is 12.8. The number of nitrogen functional groups attached to an aromatic ring is 1. The van der Waals surface area contributed by atoms with Gasteiger partial charge in [0.25, 0.3) is 0 Å². The molecule has 5 rings (SSSR count). The van der Waals surface area contributed by atoms with E-state index in [1.165, 1.54) is 12.1 Å². The van der Waals surface area contributed by atoms with E-state index in [2.05, 4.69) is 28.3 Å². The highest BCUT2D eigenvalue weighted by molar-refractivity contribution is 6.33. The molecule has 0 saturated carbocycles. The van der Waals surface area contributed by atoms with Crippen LogP contribution in [0.5, 0.6) is 23.0 Å². The molecule has 38 heavy (non-hydrogen) atoms. The smallest absolute Gasteiger partial charge is 0.495 e. The van der Waals surface area contributed by atoms with Crippen molar-refractivity contribution in [3.05, 3.63) is 57.7 Å². The Kier molecular flexibility index (Phi) is 7.05. The van der Waals surface area contributed by atoms with Crippen LogP contribution in [0.3, 0.4) is 0 Å². The van der Waals surface area contributed by atoms with E-state index >= 15 is 0 Å². The van der Waals surface area contributed by atoms with Crippen molar-refractivity contribution < 1.29 is 27.7 Å². The highest BCUT2D eigenvalue weighted by Gasteiger charge is 2.44. The van der Waals surface area contributed by atoms with E-state index < -0.39 is 6.29 Å². The molecule has 1 unspecified atom stereocenters. The zero-order valence-corrected chi connectivity index (χ0v) is 22.1. The first-order valence-electron chi connectivity index (χ1n) is 12.4. The highest BCUT2D eigenvalue weighted by atomic mass is 35.5. The van der Waals surface area contributed by atoms with Gasteiger partial charge in [-0.15, -0.1) is 8.78 Å². The van der Waals surface area contributed by atoms with E-state index in [1.54, 1.807) is 13.3 Å². The van der Waals surface area contributed by atoms with Crippen molar-refractivity contribution in [1.82, 2.24) is 4.98 Å². The first kappa shape index (κ1) is 26.0. The van der Waals surface area contributed by atoms with Crippen LogP contribution in [0.1, 0.15) is 48.6 Å². The van der Waals surface area contributed by atoms with Gasteiger partial charge in [-0.05, 0) is 49.1 Å². The Balaban J connectivity index is 1.48. The fraction of sp³-hybridized carbons (Fsp3) is 0.357. The number of pyridine rings is 1. The molecule has 0 amide bonds. The van der Waals surface area contributed by atoms with Crippen molar-refractivity contribution in [3.8, 4) is 34.3 Å². The molecule has 2 aromatic carbocycles. The summed E-state index contributed by atoms with van der Waals surface area (Å²) in [5.41, 5.74) is 11.4. The highest BCUT2D eigenvalue weighted by Crippen LogP contribution is 2.49. The fourth-order valence-corrected chi connectivity index (χ4v) is 4.82. The number of fused-ring (bicyclic) bond motifs is 2. The monoisotopic (exact) mass is 543 g/mol. The van der Waals surface area contributed by atoms with Gasteiger partial charge in [-0.2, -0.15) is 0 Å². The summed E-state index contributed by atoms with van der Waals surface area (Å²) < 4.78 is 47.9. The van der Waals surface area contributed by atoms with Gasteiger partial charge in [0.05, 0.1) is 24.4 Å². The van der Waals surface area contributed by atoms with Gasteiger partial charge in [-0.1, -0.05) is 25.4 Å². The molecule has 0 bridgehead atoms. The number of nitrogens with zero attached hydrogens (tertiary/aromatic N) is 2. The molecule has 3 aromatic rings. The zero-order chi connectivity index (χ0) is 27.0. The largest absolute Gasteiger partial charge is 0.586 e. The summed E-state index contributed by atoms with van der Waals surface area (Å²) in [6.45, 7) is 5.33. The van der Waals surface area contributed by atoms with E-state index in [0.717, 1.165) is 28.8 Å². The van der Waals surface area contributed by atoms with Crippen molar-refractivity contribution in [3.63, 3.8) is 0 Å². The molecule has 200 valence electrons. The Morgan fingerprint density at radius 3 is 2.68 bits per heavy atom. The molecular formula is C28H28ClF2N3O4. The number of hydrogen-bond donors (Lipinski definition) is 1. The van der Waals surface area contributed by atoms with E-state index in [-0.39, 0.29) is 22.4 Å². The number of alkyl halides is 2. The Morgan fingerprint density at radius 1 is 1.18 bits per heavy atom. The van der Waals surface area contributed by atoms with Gasteiger partial charge in [0.15, 0.2) is 11.5 Å². The van der Waals surface area contributed by atoms with Crippen LogP contribution in [0, 0.1) is 0 Å². The third kappa shape index (κ3) is 5.07. The van der Waals surface area contributed by atoms with Crippen molar-refractivity contribution in [2.45, 2.75) is 45.3 Å². The summed E-state index contributed by atoms with van der Waals surface area (Å²) >= 11 is 6.50. The lowest BCUT2D eigenvalue weighted by molar-refractivity contribution is -0.286. The molecule has 0 saturated heterocycles. The van der Waals surface area contributed by atoms with Crippen molar-refractivity contribution in [2.75, 3.05) is 26.0 Å². The molecule has 0 spiro atoms. The summed E-state index contributed by atoms with van der Waals surface area (Å²) in [6, 6.07) is 8.69. The summed E-state index contributed by atoms with van der Waals surface area (Å²) in [5.74, 6) is 1.10. The van der Waals surface area contributed by atoms with Crippen LogP contribution in [0.15, 0.2) is 35.3 Å². The van der Waals surface area contributed by atoms with Crippen LogP contribution in [-0.4, -0.2) is 37.8 Å². The van der Waals surface area contributed by atoms with E-state index in [9.17, 15) is 8.78 Å². The Morgan fingerprint density at radius 2 is 1.95 bits per heavy atom. The second-order valence-electron chi connectivity index (χ2n) is 9.38. The minimum absolute atomic E-state index is 0.104. The minimum atomic E-state index is -3.74. The summed E-state index contributed by atoms with van der Waals surface area (Å²) in [7, 11) is 1.59. The number of ether oxygens (including phenoxy) is 4. The lowest BCUT2D eigenvalue weighted by atomic mass is 9.97. The molecule has 0 fully saturated rings. The molecule has 2 aliphatic heterocycles. The third-order valence-corrected chi connectivity index (χ3v) is 6.83. The summed E-state index contributed by atoms with van der Waals surface area (Å²) in [6.07, 6.45) is 0.240. The minimum Gasteiger partial charge on any atom is -0.495 e. The zero-order valence-electron chi connectivity index (χ0n) is 21.3. The number of aryl methyl sites for hydroxylation is 2. The van der Waals surface area contributed by atoms with Gasteiger partial charge in [-0.25, -0.2) is 4.98 Å². The van der Waals surface area contributed by atoms with Crippen LogP contribution >= 0.6 is 11.6 Å². The lowest BCUT2D eigenvalue weighted by Crippen LogP contribution is -2.25. The summed E-state index contributed by atoms with van der Waals surface area (Å²) in [4.78, 5) is 9.28. The van der Waals surface area contributed by atoms with E-state index in [0.29, 0.717) is 54.4 Å². The number of rotatable bonds is 8. The Bertz CT molecular complexity index is 1410. The number of halogens is 3. The number of anilines is 1. The van der Waals surface area contributed by atoms with Crippen molar-refractivity contribution in [1.29, 1.82) is 0 Å². The fourth-order valence-electron chi connectivity index (χ4n) is 4.58. The normalized spacial score (nSPS) is 17.1. The molecule has 1 aromatic heterocycles. The van der Waals surface area contributed by atoms with Crippen LogP contribution in [0.25, 0.3) is 11.3 Å². The van der Waals surface area contributed by atoms with Crippen molar-refractivity contribution >= 4 is 23.5 Å². The Labute approximate surface area is 224 Å². The molecule has 0 aliphatic carbocycles. The molecule has 1 atom stereocenters. The molecule has 2 aliphatic rings. The number of methoxy groups -OCH3 is 1. The van der Waals surface area contributed by atoms with E-state index in [4.69, 9.17) is 31.8 Å². The maximum atomic E-state index is 13.6. The van der Waals surface area contributed by atoms with Crippen molar-refractivity contribution in [2.24, 2.45) is 4.99 Å². The summed E-state index contributed by atoms with van der Waals surface area (Å²) in [5, 5.41) is 0.208. The van der Waals surface area contributed by atoms with E-state index in [1.807, 2.05) is 18.2 Å². The maximum Gasteiger partial charge on any atom is 0.586 e. The number of benzene rings is 2. The maximum absolute atomic E-state index is 13.6. The van der Waals surface area contributed by atoms with Gasteiger partial charge in [0, 0.05) is 47.1 Å². The average molecular weight is 544 g/mol. The molecule has 10 heteroatoms. The second-order valence-corrected chi connectivity index (χ2v) is 9.78. The SMILES string of the molecule is CCCN=Cc1cc(CCc2cc3c(c(-c4cc5c(cc4Cl)OC(F)(F)O5)n2)OCC3C)cc(OC)c1N. The predicted octanol–water partition coefficient (Wildman–Crippen LogP) is 6.42. The average Bonchev–Trinajstić information content (AvgIpc) is 3.40. The molecule has 3 heterocycles. The predicted molar refractivity (Wildman–Crippen MR) is 142 cm³/mol. The van der Waals surface area contributed by atoms with Crippen LogP contribution in [0.4, 0.5) is 14.5 Å². The van der Waals surface area contributed by atoms with Crippen LogP contribution in [0.2, 0.25) is 5.02 Å². The molecule has 0 radical (unpaired) electrons. The first-order chi connectivity index (χ1) is 18.2. The number of hydrogen-bond acceptors (Lipinski definition) is 7. The van der Waals surface area contributed by atoms with Crippen LogP contribution in [-0.2, 0) is 12.8 Å². The second kappa shape index (κ2) is 10.3. The number of aromatic nitrogens is 1. The topological polar surface area (TPSA) is 88.2 Å². The van der Waals surface area contributed by atoms with Gasteiger partial charge in [0.1, 0.15) is 17.2 Å². The third-order valence-electron chi connectivity index (χ3n) is 6.52. The molecule has 7 nitrogen and oxygen atoms in total. The lowest BCUT2D eigenvalue weighted by Gasteiger charge is -2.14. The molecule has 2 N–H and O–H groups in total. The van der Waals surface area contributed by atoms with Gasteiger partial charge < -0.3 is 24.7 Å². The van der Waals surface area contributed by atoms with Gasteiger partial charge in [0.2, 0.25) is 0 Å².